The van der Waals surface area contributed by atoms with Gasteiger partial charge in [-0.1, -0.05) is 0 Å². The molecule has 2 N–H and O–H groups in total. The number of thiazole rings is 1. The van der Waals surface area contributed by atoms with E-state index in [2.05, 4.69) is 10.3 Å². The van der Waals surface area contributed by atoms with E-state index in [1.165, 1.54) is 29.8 Å². The first-order chi connectivity index (χ1) is 9.13. The van der Waals surface area contributed by atoms with Crippen molar-refractivity contribution in [1.29, 1.82) is 0 Å². The number of carbonyl (C=O) groups excluding carboxylic acids is 1. The molecule has 0 radical (unpaired) electrons. The Balaban J connectivity index is 1.91. The van der Waals surface area contributed by atoms with Crippen molar-refractivity contribution >= 4 is 34.4 Å². The lowest BCUT2D eigenvalue weighted by Crippen LogP contribution is -2.08. The maximum Gasteiger partial charge on any atom is 0.309 e. The average Bonchev–Trinajstić information content (AvgIpc) is 2.97. The van der Waals surface area contributed by atoms with Crippen LogP contribution in [0.4, 0.5) is 5.13 Å². The van der Waals surface area contributed by atoms with Crippen LogP contribution in [-0.4, -0.2) is 22.0 Å². The summed E-state index contributed by atoms with van der Waals surface area (Å²) >= 11 is 1.18. The molecule has 0 saturated heterocycles. The second kappa shape index (κ2) is 5.96. The lowest BCUT2D eigenvalue weighted by atomic mass is 10.3. The lowest BCUT2D eigenvalue weighted by molar-refractivity contribution is -0.136. The highest BCUT2D eigenvalue weighted by Crippen LogP contribution is 2.15. The monoisotopic (exact) mass is 278 g/mol. The molecule has 0 aliphatic rings. The number of carboxylic acid groups (broad SMARTS) is 1. The van der Waals surface area contributed by atoms with Gasteiger partial charge in [-0.2, -0.15) is 0 Å². The van der Waals surface area contributed by atoms with Crippen LogP contribution in [0.1, 0.15) is 11.5 Å². The van der Waals surface area contributed by atoms with Crippen molar-refractivity contribution < 1.29 is 19.1 Å². The second-order valence-electron chi connectivity index (χ2n) is 3.55. The smallest absolute Gasteiger partial charge is 0.309 e. The fourth-order valence-electron chi connectivity index (χ4n) is 1.29. The van der Waals surface area contributed by atoms with Crippen molar-refractivity contribution in [3.63, 3.8) is 0 Å². The number of rotatable bonds is 5. The number of carboxylic acids is 1. The molecule has 98 valence electrons. The average molecular weight is 278 g/mol. The summed E-state index contributed by atoms with van der Waals surface area (Å²) in [6.45, 7) is 0. The first kappa shape index (κ1) is 13.0. The van der Waals surface area contributed by atoms with Gasteiger partial charge in [-0.15, -0.1) is 11.3 Å². The number of hydrogen-bond acceptors (Lipinski definition) is 5. The topological polar surface area (TPSA) is 92.4 Å². The highest BCUT2D eigenvalue weighted by atomic mass is 32.1. The molecule has 0 saturated carbocycles. The predicted molar refractivity (Wildman–Crippen MR) is 69.8 cm³/mol. The van der Waals surface area contributed by atoms with Crippen molar-refractivity contribution in [2.45, 2.75) is 6.42 Å². The quantitative estimate of drug-likeness (QED) is 0.816. The van der Waals surface area contributed by atoms with E-state index in [9.17, 15) is 9.59 Å². The van der Waals surface area contributed by atoms with Crippen LogP contribution >= 0.6 is 11.3 Å². The molecule has 6 nitrogen and oxygen atoms in total. The van der Waals surface area contributed by atoms with E-state index in [0.717, 1.165) is 0 Å². The SMILES string of the molecule is O=C(O)Cc1csc(NC(=O)/C=C/c2ccco2)n1. The standard InChI is InChI=1S/C12H10N2O4S/c15-10(4-3-9-2-1-5-18-9)14-12-13-8(7-19-12)6-11(16)17/h1-5,7H,6H2,(H,16,17)(H,13,14,15)/b4-3+. The van der Waals surface area contributed by atoms with Crippen LogP contribution in [0.3, 0.4) is 0 Å². The summed E-state index contributed by atoms with van der Waals surface area (Å²) in [5, 5.41) is 13.1. The van der Waals surface area contributed by atoms with Crippen LogP contribution in [-0.2, 0) is 16.0 Å². The van der Waals surface area contributed by atoms with Crippen LogP contribution in [0, 0.1) is 0 Å². The molecule has 1 amide bonds. The third-order valence-electron chi connectivity index (χ3n) is 2.06. The number of carbonyl (C=O) groups is 2. The zero-order valence-corrected chi connectivity index (χ0v) is 10.5. The Labute approximate surface area is 112 Å². The van der Waals surface area contributed by atoms with E-state index in [4.69, 9.17) is 9.52 Å². The molecule has 0 aromatic carbocycles. The molecule has 0 aliphatic carbocycles. The third kappa shape index (κ3) is 4.07. The number of aromatic nitrogens is 1. The molecule has 0 fully saturated rings. The summed E-state index contributed by atoms with van der Waals surface area (Å²) < 4.78 is 5.04. The molecular formula is C12H10N2O4S. The van der Waals surface area contributed by atoms with Gasteiger partial charge in [0.25, 0.3) is 0 Å². The summed E-state index contributed by atoms with van der Waals surface area (Å²) in [4.78, 5) is 26.0. The highest BCUT2D eigenvalue weighted by Gasteiger charge is 2.07. The minimum absolute atomic E-state index is 0.158. The Hall–Kier alpha value is -2.41. The minimum atomic E-state index is -0.958. The summed E-state index contributed by atoms with van der Waals surface area (Å²) in [6.07, 6.45) is 4.20. The van der Waals surface area contributed by atoms with Gasteiger partial charge < -0.3 is 9.52 Å². The molecule has 0 aliphatic heterocycles. The van der Waals surface area contributed by atoms with Gasteiger partial charge in [-0.25, -0.2) is 4.98 Å². The van der Waals surface area contributed by atoms with Crippen molar-refractivity contribution in [1.82, 2.24) is 4.98 Å². The van der Waals surface area contributed by atoms with Crippen LogP contribution < -0.4 is 5.32 Å². The predicted octanol–water partition coefficient (Wildman–Crippen LogP) is 2.02. The Morgan fingerprint density at radius 3 is 3.05 bits per heavy atom. The number of hydrogen-bond donors (Lipinski definition) is 2. The normalized spacial score (nSPS) is 10.7. The van der Waals surface area contributed by atoms with E-state index in [1.54, 1.807) is 17.5 Å². The molecule has 0 unspecified atom stereocenters. The Morgan fingerprint density at radius 1 is 1.53 bits per heavy atom. The van der Waals surface area contributed by atoms with Gasteiger partial charge in [0.2, 0.25) is 5.91 Å². The van der Waals surface area contributed by atoms with Gasteiger partial charge in [-0.05, 0) is 18.2 Å². The molecule has 19 heavy (non-hydrogen) atoms. The fraction of sp³-hybridized carbons (Fsp3) is 0.0833. The largest absolute Gasteiger partial charge is 0.481 e. The van der Waals surface area contributed by atoms with Crippen molar-refractivity contribution in [3.05, 3.63) is 41.3 Å². The van der Waals surface area contributed by atoms with Gasteiger partial charge in [0.15, 0.2) is 5.13 Å². The molecule has 0 spiro atoms. The van der Waals surface area contributed by atoms with Gasteiger partial charge in [0, 0.05) is 11.5 Å². The first-order valence-electron chi connectivity index (χ1n) is 5.32. The highest BCUT2D eigenvalue weighted by molar-refractivity contribution is 7.14. The van der Waals surface area contributed by atoms with Crippen LogP contribution in [0.5, 0.6) is 0 Å². The number of furan rings is 1. The van der Waals surface area contributed by atoms with Crippen LogP contribution in [0.2, 0.25) is 0 Å². The molecular weight excluding hydrogens is 268 g/mol. The maximum atomic E-state index is 11.5. The van der Waals surface area contributed by atoms with Gasteiger partial charge in [0.1, 0.15) is 5.76 Å². The molecule has 0 atom stereocenters. The van der Waals surface area contributed by atoms with Crippen molar-refractivity contribution in [3.8, 4) is 0 Å². The summed E-state index contributed by atoms with van der Waals surface area (Å²) in [6, 6.07) is 3.44. The Kier molecular flexibility index (Phi) is 4.09. The van der Waals surface area contributed by atoms with Crippen molar-refractivity contribution in [2.24, 2.45) is 0 Å². The lowest BCUT2D eigenvalue weighted by Gasteiger charge is -1.95. The second-order valence-corrected chi connectivity index (χ2v) is 4.41. The number of aliphatic carboxylic acids is 1. The zero-order valence-electron chi connectivity index (χ0n) is 9.70. The minimum Gasteiger partial charge on any atom is -0.481 e. The van der Waals surface area contributed by atoms with Crippen LogP contribution in [0.25, 0.3) is 6.08 Å². The van der Waals surface area contributed by atoms with Crippen LogP contribution in [0.15, 0.2) is 34.3 Å². The number of nitrogens with zero attached hydrogens (tertiary/aromatic N) is 1. The molecule has 2 heterocycles. The fourth-order valence-corrected chi connectivity index (χ4v) is 2.00. The van der Waals surface area contributed by atoms with E-state index >= 15 is 0 Å². The van der Waals surface area contributed by atoms with Crippen molar-refractivity contribution in [2.75, 3.05) is 5.32 Å². The van der Waals surface area contributed by atoms with Gasteiger partial charge in [-0.3, -0.25) is 14.9 Å². The molecule has 7 heteroatoms. The maximum absolute atomic E-state index is 11.5. The number of anilines is 1. The third-order valence-corrected chi connectivity index (χ3v) is 2.86. The van der Waals surface area contributed by atoms with E-state index < -0.39 is 5.97 Å². The molecule has 2 rings (SSSR count). The zero-order chi connectivity index (χ0) is 13.7. The first-order valence-corrected chi connectivity index (χ1v) is 6.20. The molecule has 2 aromatic heterocycles. The summed E-state index contributed by atoms with van der Waals surface area (Å²) in [5.74, 6) is -0.741. The summed E-state index contributed by atoms with van der Waals surface area (Å²) in [7, 11) is 0. The Morgan fingerprint density at radius 2 is 2.37 bits per heavy atom. The van der Waals surface area contributed by atoms with E-state index in [0.29, 0.717) is 16.6 Å². The molecule has 2 aromatic rings. The van der Waals surface area contributed by atoms with Gasteiger partial charge in [0.05, 0.1) is 18.4 Å². The molecule has 0 bridgehead atoms. The summed E-state index contributed by atoms with van der Waals surface area (Å²) in [5.41, 5.74) is 0.419. The van der Waals surface area contributed by atoms with Gasteiger partial charge >= 0.3 is 5.97 Å². The Bertz CT molecular complexity index is 601. The van der Waals surface area contributed by atoms with E-state index in [-0.39, 0.29) is 12.3 Å². The number of nitrogens with one attached hydrogen (secondary N) is 1. The number of amides is 1. The van der Waals surface area contributed by atoms with E-state index in [1.807, 2.05) is 0 Å².